The van der Waals surface area contributed by atoms with Gasteiger partial charge in [0.15, 0.2) is 0 Å². The molecule has 0 saturated carbocycles. The van der Waals surface area contributed by atoms with Crippen molar-refractivity contribution in [3.8, 4) is 0 Å². The lowest BCUT2D eigenvalue weighted by Gasteiger charge is -2.17. The summed E-state index contributed by atoms with van der Waals surface area (Å²) in [6.45, 7) is 0.649. The Morgan fingerprint density at radius 2 is 1.84 bits per heavy atom. The number of fused-ring (bicyclic) bond motifs is 1. The summed E-state index contributed by atoms with van der Waals surface area (Å²) in [4.78, 5) is 14.0. The summed E-state index contributed by atoms with van der Waals surface area (Å²) >= 11 is 3.46. The minimum absolute atomic E-state index is 0.186. The summed E-state index contributed by atoms with van der Waals surface area (Å²) in [7, 11) is 0. The van der Waals surface area contributed by atoms with E-state index in [0.29, 0.717) is 13.0 Å². The Balaban J connectivity index is 1.89. The second-order valence-corrected chi connectivity index (χ2v) is 5.30. The topological polar surface area (TPSA) is 20.3 Å². The number of hydrogen-bond donors (Lipinski definition) is 0. The number of nitrogens with zero attached hydrogens (tertiary/aromatic N) is 1. The zero-order valence-corrected chi connectivity index (χ0v) is 12.1. The molecule has 3 heteroatoms. The van der Waals surface area contributed by atoms with Gasteiger partial charge in [0.05, 0.1) is 13.0 Å². The molecule has 0 atom stereocenters. The molecule has 0 spiro atoms. The molecular weight excluding hydrogens is 302 g/mol. The van der Waals surface area contributed by atoms with E-state index in [1.165, 1.54) is 11.1 Å². The number of alkyl halides is 1. The lowest BCUT2D eigenvalue weighted by Crippen LogP contribution is -2.25. The van der Waals surface area contributed by atoms with Crippen molar-refractivity contribution in [2.75, 3.05) is 4.90 Å². The standard InChI is InChI=1S/C16H14BrNO/c17-10-12-4-3-5-13(8-12)11-18-15-7-2-1-6-14(15)9-16(18)19/h1-8H,9-11H2. The smallest absolute Gasteiger partial charge is 0.231 e. The quantitative estimate of drug-likeness (QED) is 0.791. The van der Waals surface area contributed by atoms with Crippen LogP contribution in [0.25, 0.3) is 0 Å². The zero-order chi connectivity index (χ0) is 13.2. The van der Waals surface area contributed by atoms with Gasteiger partial charge in [-0.15, -0.1) is 0 Å². The van der Waals surface area contributed by atoms with Crippen LogP contribution in [0.2, 0.25) is 0 Å². The fourth-order valence-electron chi connectivity index (χ4n) is 2.48. The monoisotopic (exact) mass is 315 g/mol. The van der Waals surface area contributed by atoms with Crippen molar-refractivity contribution in [1.82, 2.24) is 0 Å². The summed E-state index contributed by atoms with van der Waals surface area (Å²) < 4.78 is 0. The van der Waals surface area contributed by atoms with Crippen molar-refractivity contribution in [1.29, 1.82) is 0 Å². The Labute approximate surface area is 121 Å². The maximum absolute atomic E-state index is 12.1. The highest BCUT2D eigenvalue weighted by Gasteiger charge is 2.26. The Bertz CT molecular complexity index is 624. The molecule has 0 saturated heterocycles. The van der Waals surface area contributed by atoms with Crippen molar-refractivity contribution < 1.29 is 4.79 Å². The van der Waals surface area contributed by atoms with E-state index in [-0.39, 0.29) is 5.91 Å². The molecule has 0 unspecified atom stereocenters. The van der Waals surface area contributed by atoms with Crippen LogP contribution in [0.4, 0.5) is 5.69 Å². The van der Waals surface area contributed by atoms with E-state index in [0.717, 1.165) is 16.6 Å². The molecule has 1 heterocycles. The van der Waals surface area contributed by atoms with Crippen LogP contribution in [0.3, 0.4) is 0 Å². The van der Waals surface area contributed by atoms with Gasteiger partial charge in [0.25, 0.3) is 0 Å². The number of carbonyl (C=O) groups excluding carboxylic acids is 1. The normalized spacial score (nSPS) is 13.7. The molecule has 2 aromatic rings. The van der Waals surface area contributed by atoms with Gasteiger partial charge in [-0.25, -0.2) is 0 Å². The van der Waals surface area contributed by atoms with E-state index in [2.05, 4.69) is 34.1 Å². The highest BCUT2D eigenvalue weighted by atomic mass is 79.9. The van der Waals surface area contributed by atoms with E-state index in [1.54, 1.807) is 0 Å². The van der Waals surface area contributed by atoms with Crippen LogP contribution in [0.15, 0.2) is 48.5 Å². The molecule has 0 aromatic heterocycles. The van der Waals surface area contributed by atoms with E-state index >= 15 is 0 Å². The molecule has 0 aliphatic carbocycles. The van der Waals surface area contributed by atoms with Crippen molar-refractivity contribution in [3.63, 3.8) is 0 Å². The predicted octanol–water partition coefficient (Wildman–Crippen LogP) is 3.67. The SMILES string of the molecule is O=C1Cc2ccccc2N1Cc1cccc(CBr)c1. The Kier molecular flexibility index (Phi) is 3.38. The Morgan fingerprint density at radius 3 is 2.68 bits per heavy atom. The van der Waals surface area contributed by atoms with Crippen LogP contribution in [-0.4, -0.2) is 5.91 Å². The number of para-hydroxylation sites is 1. The fourth-order valence-corrected chi connectivity index (χ4v) is 2.83. The minimum Gasteiger partial charge on any atom is -0.307 e. The third-order valence-electron chi connectivity index (χ3n) is 3.41. The zero-order valence-electron chi connectivity index (χ0n) is 10.5. The third kappa shape index (κ3) is 2.43. The largest absolute Gasteiger partial charge is 0.307 e. The van der Waals surface area contributed by atoms with Gasteiger partial charge in [-0.05, 0) is 22.8 Å². The van der Waals surface area contributed by atoms with E-state index < -0.39 is 0 Å². The van der Waals surface area contributed by atoms with Crippen molar-refractivity contribution >= 4 is 27.5 Å². The Hall–Kier alpha value is -1.61. The number of halogens is 1. The van der Waals surface area contributed by atoms with Gasteiger partial charge in [0.1, 0.15) is 0 Å². The highest BCUT2D eigenvalue weighted by Crippen LogP contribution is 2.29. The molecule has 1 amide bonds. The van der Waals surface area contributed by atoms with E-state index in [9.17, 15) is 4.79 Å². The molecule has 19 heavy (non-hydrogen) atoms. The van der Waals surface area contributed by atoms with E-state index in [4.69, 9.17) is 0 Å². The molecule has 0 radical (unpaired) electrons. The first kappa shape index (κ1) is 12.4. The molecule has 1 aliphatic rings. The summed E-state index contributed by atoms with van der Waals surface area (Å²) in [5.74, 6) is 0.186. The highest BCUT2D eigenvalue weighted by molar-refractivity contribution is 9.08. The van der Waals surface area contributed by atoms with Gasteiger partial charge in [-0.3, -0.25) is 4.79 Å². The van der Waals surface area contributed by atoms with Crippen LogP contribution in [0, 0.1) is 0 Å². The van der Waals surface area contributed by atoms with Crippen LogP contribution in [0.5, 0.6) is 0 Å². The van der Waals surface area contributed by atoms with E-state index in [1.807, 2.05) is 35.2 Å². The summed E-state index contributed by atoms with van der Waals surface area (Å²) in [6.07, 6.45) is 0.522. The summed E-state index contributed by atoms with van der Waals surface area (Å²) in [6, 6.07) is 16.4. The number of carbonyl (C=O) groups is 1. The molecule has 0 N–H and O–H groups in total. The van der Waals surface area contributed by atoms with Gasteiger partial charge in [-0.1, -0.05) is 58.4 Å². The van der Waals surface area contributed by atoms with Gasteiger partial charge >= 0.3 is 0 Å². The molecule has 3 rings (SSSR count). The lowest BCUT2D eigenvalue weighted by molar-refractivity contribution is -0.117. The Morgan fingerprint density at radius 1 is 1.05 bits per heavy atom. The van der Waals surface area contributed by atoms with Crippen molar-refractivity contribution in [2.45, 2.75) is 18.3 Å². The number of amides is 1. The molecular formula is C16H14BrNO. The number of benzene rings is 2. The number of hydrogen-bond acceptors (Lipinski definition) is 1. The third-order valence-corrected chi connectivity index (χ3v) is 4.06. The van der Waals surface area contributed by atoms with Gasteiger partial charge in [0.2, 0.25) is 5.91 Å². The lowest BCUT2D eigenvalue weighted by atomic mass is 10.1. The van der Waals surface area contributed by atoms with Crippen LogP contribution in [0.1, 0.15) is 16.7 Å². The summed E-state index contributed by atoms with van der Waals surface area (Å²) in [5, 5.41) is 0.839. The maximum Gasteiger partial charge on any atom is 0.231 e. The predicted molar refractivity (Wildman–Crippen MR) is 80.4 cm³/mol. The molecule has 96 valence electrons. The minimum atomic E-state index is 0.186. The first-order valence-corrected chi connectivity index (χ1v) is 7.42. The van der Waals surface area contributed by atoms with Crippen LogP contribution in [-0.2, 0) is 23.1 Å². The second kappa shape index (κ2) is 5.17. The van der Waals surface area contributed by atoms with Gasteiger partial charge in [-0.2, -0.15) is 0 Å². The average molecular weight is 316 g/mol. The molecule has 0 bridgehead atoms. The summed E-state index contributed by atoms with van der Waals surface area (Å²) in [5.41, 5.74) is 4.58. The van der Waals surface area contributed by atoms with Crippen molar-refractivity contribution in [2.24, 2.45) is 0 Å². The van der Waals surface area contributed by atoms with Crippen molar-refractivity contribution in [3.05, 3.63) is 65.2 Å². The maximum atomic E-state index is 12.1. The van der Waals surface area contributed by atoms with Crippen LogP contribution < -0.4 is 4.90 Å². The molecule has 1 aliphatic heterocycles. The second-order valence-electron chi connectivity index (χ2n) is 4.74. The number of anilines is 1. The first-order chi connectivity index (χ1) is 9.28. The first-order valence-electron chi connectivity index (χ1n) is 6.30. The fraction of sp³-hybridized carbons (Fsp3) is 0.188. The van der Waals surface area contributed by atoms with Gasteiger partial charge < -0.3 is 4.90 Å². The molecule has 0 fully saturated rings. The molecule has 2 nitrogen and oxygen atoms in total. The molecule has 2 aromatic carbocycles. The van der Waals surface area contributed by atoms with Crippen LogP contribution >= 0.6 is 15.9 Å². The number of rotatable bonds is 3. The van der Waals surface area contributed by atoms with Gasteiger partial charge in [0, 0.05) is 11.0 Å². The average Bonchev–Trinajstić information content (AvgIpc) is 2.76.